The molecule has 1 aromatic rings. The van der Waals surface area contributed by atoms with Gasteiger partial charge in [-0.25, -0.2) is 4.98 Å². The number of rotatable bonds is 2. The van der Waals surface area contributed by atoms with Crippen LogP contribution in [0.5, 0.6) is 0 Å². The molecule has 1 spiro atoms. The van der Waals surface area contributed by atoms with Gasteiger partial charge in [0.25, 0.3) is 0 Å². The largest absolute Gasteiger partial charge is 0.371 e. The van der Waals surface area contributed by atoms with Crippen LogP contribution in [0.3, 0.4) is 0 Å². The van der Waals surface area contributed by atoms with Crippen LogP contribution in [0, 0.1) is 0 Å². The molecule has 152 valence electrons. The number of benzene rings is 2. The SMILES string of the molecule is CC(C)N1CCC2(CC1)CN(c1ccc3nc4ccc(=O)cc-4sc3c1)CCO2. The smallest absolute Gasteiger partial charge is 0.180 e. The first-order valence-corrected chi connectivity index (χ1v) is 11.3. The van der Waals surface area contributed by atoms with Gasteiger partial charge in [-0.15, -0.1) is 11.3 Å². The van der Waals surface area contributed by atoms with Gasteiger partial charge in [0.2, 0.25) is 0 Å². The van der Waals surface area contributed by atoms with E-state index in [2.05, 4.69) is 41.8 Å². The Bertz CT molecular complexity index is 1060. The predicted molar refractivity (Wildman–Crippen MR) is 119 cm³/mol. The lowest BCUT2D eigenvalue weighted by atomic mass is 9.88. The zero-order valence-electron chi connectivity index (χ0n) is 17.1. The third-order valence-electron chi connectivity index (χ3n) is 6.39. The lowest BCUT2D eigenvalue weighted by Gasteiger charge is -2.48. The molecule has 3 aliphatic heterocycles. The molecule has 3 heterocycles. The van der Waals surface area contributed by atoms with Crippen molar-refractivity contribution in [3.05, 3.63) is 46.6 Å². The lowest BCUT2D eigenvalue weighted by molar-refractivity contribution is -0.0943. The van der Waals surface area contributed by atoms with Gasteiger partial charge in [-0.3, -0.25) is 4.79 Å². The van der Waals surface area contributed by atoms with Crippen molar-refractivity contribution >= 4 is 27.2 Å². The number of hydrogen-bond donors (Lipinski definition) is 0. The lowest BCUT2D eigenvalue weighted by Crippen LogP contribution is -2.57. The predicted octanol–water partition coefficient (Wildman–Crippen LogP) is 3.84. The van der Waals surface area contributed by atoms with Crippen molar-refractivity contribution < 1.29 is 4.74 Å². The molecule has 0 amide bonds. The monoisotopic (exact) mass is 409 g/mol. The zero-order chi connectivity index (χ0) is 20.0. The van der Waals surface area contributed by atoms with Crippen LogP contribution in [0.15, 0.2) is 41.2 Å². The fourth-order valence-corrected chi connectivity index (χ4v) is 5.63. The minimum absolute atomic E-state index is 0.0267. The molecule has 0 atom stereocenters. The summed E-state index contributed by atoms with van der Waals surface area (Å²) < 4.78 is 7.45. The van der Waals surface area contributed by atoms with Gasteiger partial charge >= 0.3 is 0 Å². The fourth-order valence-electron chi connectivity index (χ4n) is 4.61. The van der Waals surface area contributed by atoms with Crippen molar-refractivity contribution in [2.24, 2.45) is 0 Å². The molecule has 2 saturated heterocycles. The standard InChI is InChI=1S/C23H27N3O2S/c1-16(2)25-9-7-23(8-10-25)15-26(11-12-28-23)17-3-5-19-21(13-17)29-22-14-18(27)4-6-20(22)24-19/h3-6,13-14,16H,7-12,15H2,1-2H3. The van der Waals surface area contributed by atoms with Crippen LogP contribution in [0.1, 0.15) is 26.7 Å². The molecular formula is C23H27N3O2S. The van der Waals surface area contributed by atoms with E-state index in [4.69, 9.17) is 9.72 Å². The van der Waals surface area contributed by atoms with Crippen molar-refractivity contribution in [1.29, 1.82) is 0 Å². The van der Waals surface area contributed by atoms with E-state index in [1.54, 1.807) is 23.5 Å². The maximum Gasteiger partial charge on any atom is 0.180 e. The number of morpholine rings is 1. The van der Waals surface area contributed by atoms with E-state index in [1.807, 2.05) is 6.07 Å². The van der Waals surface area contributed by atoms with E-state index in [9.17, 15) is 4.79 Å². The molecule has 6 heteroatoms. The molecule has 1 aromatic carbocycles. The fraction of sp³-hybridized carbons (Fsp3) is 0.478. The molecule has 5 nitrogen and oxygen atoms in total. The maximum absolute atomic E-state index is 11.7. The minimum Gasteiger partial charge on any atom is -0.371 e. The van der Waals surface area contributed by atoms with Crippen molar-refractivity contribution in [2.45, 2.75) is 38.3 Å². The number of piperidine rings is 1. The summed E-state index contributed by atoms with van der Waals surface area (Å²) in [5.74, 6) is 0. The first-order valence-electron chi connectivity index (χ1n) is 10.5. The van der Waals surface area contributed by atoms with Crippen molar-refractivity contribution in [1.82, 2.24) is 9.88 Å². The van der Waals surface area contributed by atoms with Crippen LogP contribution in [-0.4, -0.2) is 54.3 Å². The summed E-state index contributed by atoms with van der Waals surface area (Å²) >= 11 is 1.65. The second-order valence-electron chi connectivity index (χ2n) is 8.58. The molecule has 0 saturated carbocycles. The van der Waals surface area contributed by atoms with E-state index in [1.165, 1.54) is 5.69 Å². The highest BCUT2D eigenvalue weighted by Gasteiger charge is 2.40. The van der Waals surface area contributed by atoms with Gasteiger partial charge in [-0.1, -0.05) is 0 Å². The Labute approximate surface area is 175 Å². The summed E-state index contributed by atoms with van der Waals surface area (Å²) in [4.78, 5) is 22.4. The van der Waals surface area contributed by atoms with Gasteiger partial charge in [-0.05, 0) is 57.0 Å². The average molecular weight is 410 g/mol. The first kappa shape index (κ1) is 19.0. The number of anilines is 1. The second kappa shape index (κ2) is 7.35. The van der Waals surface area contributed by atoms with E-state index >= 15 is 0 Å². The number of fused-ring (bicyclic) bond motifs is 2. The number of aromatic nitrogens is 1. The molecule has 0 radical (unpaired) electrons. The Kier molecular flexibility index (Phi) is 4.81. The summed E-state index contributed by atoms with van der Waals surface area (Å²) in [6, 6.07) is 12.2. The molecule has 0 bridgehead atoms. The molecular weight excluding hydrogens is 382 g/mol. The number of likely N-dealkylation sites (tertiary alicyclic amines) is 1. The highest BCUT2D eigenvalue weighted by molar-refractivity contribution is 7.21. The maximum atomic E-state index is 11.7. The summed E-state index contributed by atoms with van der Waals surface area (Å²) in [5.41, 5.74) is 3.10. The Hall–Kier alpha value is -2.02. The van der Waals surface area contributed by atoms with E-state index < -0.39 is 0 Å². The van der Waals surface area contributed by atoms with Crippen LogP contribution in [0.2, 0.25) is 0 Å². The van der Waals surface area contributed by atoms with Gasteiger partial charge < -0.3 is 14.5 Å². The van der Waals surface area contributed by atoms with Gasteiger partial charge in [0.05, 0.1) is 33.0 Å². The van der Waals surface area contributed by atoms with Crippen molar-refractivity contribution in [2.75, 3.05) is 37.7 Å². The van der Waals surface area contributed by atoms with Gasteiger partial charge in [-0.2, -0.15) is 0 Å². The van der Waals surface area contributed by atoms with E-state index in [-0.39, 0.29) is 11.0 Å². The molecule has 4 aliphatic rings. The van der Waals surface area contributed by atoms with Gasteiger partial charge in [0.15, 0.2) is 5.43 Å². The van der Waals surface area contributed by atoms with Crippen molar-refractivity contribution in [3.8, 4) is 10.6 Å². The summed E-state index contributed by atoms with van der Waals surface area (Å²) in [5, 5.41) is 0. The van der Waals surface area contributed by atoms with E-state index in [0.29, 0.717) is 6.04 Å². The second-order valence-corrected chi connectivity index (χ2v) is 9.66. The molecule has 5 rings (SSSR count). The number of ether oxygens (including phenoxy) is 1. The van der Waals surface area contributed by atoms with Gasteiger partial charge in [0, 0.05) is 44.0 Å². The van der Waals surface area contributed by atoms with Crippen LogP contribution in [0.25, 0.3) is 20.8 Å². The topological polar surface area (TPSA) is 45.7 Å². The molecule has 1 aliphatic carbocycles. The van der Waals surface area contributed by atoms with Gasteiger partial charge in [0.1, 0.15) is 0 Å². The molecule has 0 aromatic heterocycles. The Balaban J connectivity index is 1.42. The van der Waals surface area contributed by atoms with Crippen LogP contribution < -0.4 is 10.3 Å². The Morgan fingerprint density at radius 1 is 1.10 bits per heavy atom. The van der Waals surface area contributed by atoms with Crippen LogP contribution >= 0.6 is 11.3 Å². The highest BCUT2D eigenvalue weighted by Crippen LogP contribution is 2.35. The molecule has 2 fully saturated rings. The first-order chi connectivity index (χ1) is 14.0. The molecule has 0 N–H and O–H groups in total. The zero-order valence-corrected chi connectivity index (χ0v) is 17.9. The highest BCUT2D eigenvalue weighted by atomic mass is 32.1. The summed E-state index contributed by atoms with van der Waals surface area (Å²) in [6.07, 6.45) is 2.19. The third kappa shape index (κ3) is 3.65. The summed E-state index contributed by atoms with van der Waals surface area (Å²) in [6.45, 7) is 9.40. The molecule has 29 heavy (non-hydrogen) atoms. The van der Waals surface area contributed by atoms with E-state index in [0.717, 1.165) is 66.4 Å². The number of nitrogens with zero attached hydrogens (tertiary/aromatic N) is 3. The minimum atomic E-state index is -0.0267. The Morgan fingerprint density at radius 3 is 2.72 bits per heavy atom. The normalized spacial score (nSPS) is 20.2. The quantitative estimate of drug-likeness (QED) is 0.602. The number of hydrogen-bond acceptors (Lipinski definition) is 6. The Morgan fingerprint density at radius 2 is 1.93 bits per heavy atom. The third-order valence-corrected chi connectivity index (χ3v) is 7.48. The van der Waals surface area contributed by atoms with Crippen LogP contribution in [-0.2, 0) is 4.74 Å². The van der Waals surface area contributed by atoms with Crippen LogP contribution in [0.4, 0.5) is 5.69 Å². The average Bonchev–Trinajstić information content (AvgIpc) is 2.72. The van der Waals surface area contributed by atoms with Crippen molar-refractivity contribution in [3.63, 3.8) is 0 Å². The molecule has 0 unspecified atom stereocenters. The summed E-state index contributed by atoms with van der Waals surface area (Å²) in [7, 11) is 0.